The minimum atomic E-state index is -0.575. The van der Waals surface area contributed by atoms with Gasteiger partial charge in [-0.05, 0) is 51.4 Å². The number of carbonyl (C=O) groups excluding carboxylic acids is 1. The first kappa shape index (κ1) is 13.8. The van der Waals surface area contributed by atoms with Crippen molar-refractivity contribution < 1.29 is 9.90 Å². The third-order valence-corrected chi connectivity index (χ3v) is 4.55. The van der Waals surface area contributed by atoms with Crippen molar-refractivity contribution in [1.82, 2.24) is 4.90 Å². The van der Waals surface area contributed by atoms with Crippen LogP contribution < -0.4 is 5.73 Å². The molecule has 0 aromatic carbocycles. The van der Waals surface area contributed by atoms with Crippen LogP contribution in [0.25, 0.3) is 0 Å². The van der Waals surface area contributed by atoms with Gasteiger partial charge in [0.05, 0.1) is 5.60 Å². The number of rotatable bonds is 2. The van der Waals surface area contributed by atoms with Crippen LogP contribution in [-0.2, 0) is 4.79 Å². The van der Waals surface area contributed by atoms with Crippen LogP contribution in [0, 0.1) is 5.92 Å². The molecule has 2 aliphatic rings. The lowest BCUT2D eigenvalue weighted by Gasteiger charge is -2.36. The zero-order valence-electron chi connectivity index (χ0n) is 11.4. The highest BCUT2D eigenvalue weighted by molar-refractivity contribution is 5.76. The lowest BCUT2D eigenvalue weighted by Crippen LogP contribution is -2.45. The summed E-state index contributed by atoms with van der Waals surface area (Å²) in [5.41, 5.74) is 5.30. The van der Waals surface area contributed by atoms with E-state index in [0.29, 0.717) is 44.3 Å². The van der Waals surface area contributed by atoms with Gasteiger partial charge in [-0.25, -0.2) is 0 Å². The Morgan fingerprint density at radius 3 is 2.39 bits per heavy atom. The first-order valence-corrected chi connectivity index (χ1v) is 7.22. The molecule has 1 aliphatic carbocycles. The Kier molecular flexibility index (Phi) is 4.28. The summed E-state index contributed by atoms with van der Waals surface area (Å²) in [6, 6.07) is 0.349. The van der Waals surface area contributed by atoms with E-state index in [-0.39, 0.29) is 5.91 Å². The Hall–Kier alpha value is -0.610. The number of hydrogen-bond donors (Lipinski definition) is 2. The molecule has 18 heavy (non-hydrogen) atoms. The molecule has 1 amide bonds. The van der Waals surface area contributed by atoms with Crippen molar-refractivity contribution in [3.05, 3.63) is 0 Å². The predicted molar refractivity (Wildman–Crippen MR) is 71.0 cm³/mol. The standard InChI is InChI=1S/C14H26N2O2/c1-14(18)6-8-16(9-7-14)13(17)10-11-2-4-12(15)5-3-11/h11-12,18H,2-10,15H2,1H3. The second kappa shape index (κ2) is 5.57. The summed E-state index contributed by atoms with van der Waals surface area (Å²) in [7, 11) is 0. The molecule has 0 aromatic rings. The molecule has 0 aromatic heterocycles. The van der Waals surface area contributed by atoms with E-state index >= 15 is 0 Å². The minimum absolute atomic E-state index is 0.269. The molecule has 1 saturated carbocycles. The fourth-order valence-corrected chi connectivity index (χ4v) is 3.01. The summed E-state index contributed by atoms with van der Waals surface area (Å²) in [5.74, 6) is 0.797. The maximum Gasteiger partial charge on any atom is 0.222 e. The highest BCUT2D eigenvalue weighted by Gasteiger charge is 2.30. The molecule has 4 heteroatoms. The average Bonchev–Trinajstić information content (AvgIpc) is 2.32. The molecule has 1 aliphatic heterocycles. The van der Waals surface area contributed by atoms with Gasteiger partial charge in [-0.1, -0.05) is 0 Å². The number of aliphatic hydroxyl groups is 1. The van der Waals surface area contributed by atoms with E-state index in [2.05, 4.69) is 0 Å². The second-order valence-electron chi connectivity index (χ2n) is 6.36. The number of nitrogens with two attached hydrogens (primary N) is 1. The molecule has 0 bridgehead atoms. The van der Waals surface area contributed by atoms with Crippen LogP contribution in [-0.4, -0.2) is 40.6 Å². The van der Waals surface area contributed by atoms with E-state index in [1.165, 1.54) is 0 Å². The Balaban J connectivity index is 1.75. The van der Waals surface area contributed by atoms with Gasteiger partial charge in [0, 0.05) is 25.6 Å². The Labute approximate surface area is 110 Å². The largest absolute Gasteiger partial charge is 0.390 e. The molecular formula is C14H26N2O2. The predicted octanol–water partition coefficient (Wildman–Crippen LogP) is 1.27. The number of likely N-dealkylation sites (tertiary alicyclic amines) is 1. The lowest BCUT2D eigenvalue weighted by atomic mass is 9.84. The fraction of sp³-hybridized carbons (Fsp3) is 0.929. The first-order chi connectivity index (χ1) is 8.46. The monoisotopic (exact) mass is 254 g/mol. The summed E-state index contributed by atoms with van der Waals surface area (Å²) in [4.78, 5) is 14.1. The molecule has 0 radical (unpaired) electrons. The van der Waals surface area contributed by atoms with Gasteiger partial charge in [0.2, 0.25) is 5.91 Å². The van der Waals surface area contributed by atoms with E-state index in [1.807, 2.05) is 11.8 Å². The number of amides is 1. The number of hydrogen-bond acceptors (Lipinski definition) is 3. The van der Waals surface area contributed by atoms with Crippen LogP contribution in [0.3, 0.4) is 0 Å². The van der Waals surface area contributed by atoms with Crippen molar-refractivity contribution in [3.63, 3.8) is 0 Å². The highest BCUT2D eigenvalue weighted by atomic mass is 16.3. The summed E-state index contributed by atoms with van der Waals surface area (Å²) in [6.07, 6.45) is 6.40. The van der Waals surface area contributed by atoms with Crippen molar-refractivity contribution >= 4 is 5.91 Å². The van der Waals surface area contributed by atoms with Gasteiger partial charge in [-0.3, -0.25) is 4.79 Å². The van der Waals surface area contributed by atoms with Gasteiger partial charge < -0.3 is 15.7 Å². The zero-order chi connectivity index (χ0) is 13.2. The van der Waals surface area contributed by atoms with Crippen molar-refractivity contribution in [3.8, 4) is 0 Å². The fourth-order valence-electron chi connectivity index (χ4n) is 3.01. The molecule has 2 rings (SSSR count). The van der Waals surface area contributed by atoms with Gasteiger partial charge in [0.25, 0.3) is 0 Å². The highest BCUT2D eigenvalue weighted by Crippen LogP contribution is 2.28. The average molecular weight is 254 g/mol. The normalized spacial score (nSPS) is 32.3. The van der Waals surface area contributed by atoms with E-state index in [1.54, 1.807) is 0 Å². The Morgan fingerprint density at radius 1 is 1.28 bits per heavy atom. The minimum Gasteiger partial charge on any atom is -0.390 e. The number of carbonyl (C=O) groups is 1. The SMILES string of the molecule is CC1(O)CCN(C(=O)CC2CCC(N)CC2)CC1. The topological polar surface area (TPSA) is 66.6 Å². The van der Waals surface area contributed by atoms with E-state index < -0.39 is 5.60 Å². The molecule has 2 fully saturated rings. The summed E-state index contributed by atoms with van der Waals surface area (Å²) in [6.45, 7) is 3.27. The molecule has 1 heterocycles. The Morgan fingerprint density at radius 2 is 1.83 bits per heavy atom. The Bertz CT molecular complexity index is 286. The molecule has 4 nitrogen and oxygen atoms in total. The van der Waals surface area contributed by atoms with Crippen molar-refractivity contribution in [2.45, 2.75) is 63.5 Å². The third kappa shape index (κ3) is 3.69. The first-order valence-electron chi connectivity index (χ1n) is 7.22. The van der Waals surface area contributed by atoms with Gasteiger partial charge >= 0.3 is 0 Å². The van der Waals surface area contributed by atoms with Gasteiger partial charge in [0.15, 0.2) is 0 Å². The maximum absolute atomic E-state index is 12.2. The second-order valence-corrected chi connectivity index (χ2v) is 6.36. The van der Waals surface area contributed by atoms with Crippen LogP contribution in [0.2, 0.25) is 0 Å². The third-order valence-electron chi connectivity index (χ3n) is 4.55. The van der Waals surface area contributed by atoms with Crippen LogP contribution in [0.15, 0.2) is 0 Å². The smallest absolute Gasteiger partial charge is 0.222 e. The molecule has 0 atom stereocenters. The van der Waals surface area contributed by atoms with E-state index in [4.69, 9.17) is 5.73 Å². The summed E-state index contributed by atoms with van der Waals surface area (Å²) in [5, 5.41) is 9.87. The molecule has 0 spiro atoms. The number of piperidine rings is 1. The summed E-state index contributed by atoms with van der Waals surface area (Å²) < 4.78 is 0. The van der Waals surface area contributed by atoms with Crippen molar-refractivity contribution in [1.29, 1.82) is 0 Å². The molecule has 0 unspecified atom stereocenters. The van der Waals surface area contributed by atoms with Crippen LogP contribution >= 0.6 is 0 Å². The lowest BCUT2D eigenvalue weighted by molar-refractivity contribution is -0.136. The quantitative estimate of drug-likeness (QED) is 0.780. The molecule has 3 N–H and O–H groups in total. The number of nitrogens with zero attached hydrogens (tertiary/aromatic N) is 1. The maximum atomic E-state index is 12.2. The van der Waals surface area contributed by atoms with Crippen LogP contribution in [0.5, 0.6) is 0 Å². The van der Waals surface area contributed by atoms with Crippen LogP contribution in [0.4, 0.5) is 0 Å². The molecular weight excluding hydrogens is 228 g/mol. The van der Waals surface area contributed by atoms with E-state index in [9.17, 15) is 9.90 Å². The zero-order valence-corrected chi connectivity index (χ0v) is 11.4. The van der Waals surface area contributed by atoms with Crippen molar-refractivity contribution in [2.75, 3.05) is 13.1 Å². The summed E-state index contributed by atoms with van der Waals surface area (Å²) >= 11 is 0. The van der Waals surface area contributed by atoms with Gasteiger partial charge in [0.1, 0.15) is 0 Å². The molecule has 1 saturated heterocycles. The molecule has 104 valence electrons. The van der Waals surface area contributed by atoms with Gasteiger partial charge in [-0.2, -0.15) is 0 Å². The van der Waals surface area contributed by atoms with E-state index in [0.717, 1.165) is 25.7 Å². The van der Waals surface area contributed by atoms with Gasteiger partial charge in [-0.15, -0.1) is 0 Å². The van der Waals surface area contributed by atoms with Crippen molar-refractivity contribution in [2.24, 2.45) is 11.7 Å². The van der Waals surface area contributed by atoms with Crippen LogP contribution in [0.1, 0.15) is 51.9 Å².